The zero-order chi connectivity index (χ0) is 15.5. The first-order valence-electron chi connectivity index (χ1n) is 7.38. The molecule has 1 aromatic rings. The number of benzene rings is 1. The molecule has 0 unspecified atom stereocenters. The van der Waals surface area contributed by atoms with Crippen molar-refractivity contribution in [3.05, 3.63) is 23.8 Å². The van der Waals surface area contributed by atoms with Crippen molar-refractivity contribution in [1.82, 2.24) is 5.32 Å². The summed E-state index contributed by atoms with van der Waals surface area (Å²) in [5.74, 6) is -1.82. The standard InChI is InChI=1S/C15H18F2N2O3/c16-11-6-13-14(7-12(11)17)22-5-3-19(13)9-15(20)18-8-10-2-1-4-21-10/h6-7,10H,1-5,8-9H2,(H,18,20)/t10-/m1/s1. The quantitative estimate of drug-likeness (QED) is 0.914. The van der Waals surface area contributed by atoms with E-state index in [1.54, 1.807) is 4.90 Å². The van der Waals surface area contributed by atoms with E-state index in [1.807, 2.05) is 0 Å². The average Bonchev–Trinajstić information content (AvgIpc) is 3.00. The van der Waals surface area contributed by atoms with Gasteiger partial charge in [0.1, 0.15) is 12.4 Å². The minimum atomic E-state index is -0.955. The molecule has 1 atom stereocenters. The van der Waals surface area contributed by atoms with Gasteiger partial charge in [-0.25, -0.2) is 8.78 Å². The number of hydrogen-bond acceptors (Lipinski definition) is 4. The molecule has 2 heterocycles. The number of halogens is 2. The highest BCUT2D eigenvalue weighted by molar-refractivity contribution is 5.82. The largest absolute Gasteiger partial charge is 0.489 e. The van der Waals surface area contributed by atoms with Crippen LogP contribution in [0.5, 0.6) is 5.75 Å². The SMILES string of the molecule is O=C(CN1CCOc2cc(F)c(F)cc21)NC[C@H]1CCCO1. The maximum absolute atomic E-state index is 13.4. The Labute approximate surface area is 127 Å². The summed E-state index contributed by atoms with van der Waals surface area (Å²) in [6, 6.07) is 2.08. The van der Waals surface area contributed by atoms with Crippen LogP contribution in [0.2, 0.25) is 0 Å². The van der Waals surface area contributed by atoms with Crippen molar-refractivity contribution in [1.29, 1.82) is 0 Å². The monoisotopic (exact) mass is 312 g/mol. The summed E-state index contributed by atoms with van der Waals surface area (Å²) < 4.78 is 37.4. The summed E-state index contributed by atoms with van der Waals surface area (Å²) >= 11 is 0. The summed E-state index contributed by atoms with van der Waals surface area (Å²) in [5.41, 5.74) is 0.400. The smallest absolute Gasteiger partial charge is 0.239 e. The molecule has 5 nitrogen and oxygen atoms in total. The highest BCUT2D eigenvalue weighted by Crippen LogP contribution is 2.33. The van der Waals surface area contributed by atoms with Gasteiger partial charge in [-0.05, 0) is 12.8 Å². The lowest BCUT2D eigenvalue weighted by Crippen LogP contribution is -2.43. The Bertz CT molecular complexity index is 562. The van der Waals surface area contributed by atoms with Crippen LogP contribution in [-0.4, -0.2) is 44.9 Å². The Morgan fingerprint density at radius 2 is 2.14 bits per heavy atom. The van der Waals surface area contributed by atoms with Crippen molar-refractivity contribution >= 4 is 11.6 Å². The van der Waals surface area contributed by atoms with E-state index >= 15 is 0 Å². The van der Waals surface area contributed by atoms with Crippen molar-refractivity contribution < 1.29 is 23.0 Å². The van der Waals surface area contributed by atoms with Crippen molar-refractivity contribution in [3.63, 3.8) is 0 Å². The van der Waals surface area contributed by atoms with Gasteiger partial charge in [-0.3, -0.25) is 4.79 Å². The highest BCUT2D eigenvalue weighted by atomic mass is 19.2. The van der Waals surface area contributed by atoms with Gasteiger partial charge in [-0.2, -0.15) is 0 Å². The van der Waals surface area contributed by atoms with Crippen molar-refractivity contribution in [2.45, 2.75) is 18.9 Å². The third-order valence-corrected chi connectivity index (χ3v) is 3.85. The van der Waals surface area contributed by atoms with E-state index in [2.05, 4.69) is 5.32 Å². The van der Waals surface area contributed by atoms with Crippen LogP contribution >= 0.6 is 0 Å². The molecule has 0 bridgehead atoms. The van der Waals surface area contributed by atoms with E-state index in [1.165, 1.54) is 0 Å². The Kier molecular flexibility index (Phi) is 4.42. The number of carbonyl (C=O) groups excluding carboxylic acids is 1. The molecular formula is C15H18F2N2O3. The van der Waals surface area contributed by atoms with E-state index in [9.17, 15) is 13.6 Å². The molecule has 0 saturated carbocycles. The Balaban J connectivity index is 1.61. The van der Waals surface area contributed by atoms with E-state index in [0.717, 1.165) is 31.6 Å². The van der Waals surface area contributed by atoms with Gasteiger partial charge in [-0.1, -0.05) is 0 Å². The fourth-order valence-electron chi connectivity index (χ4n) is 2.69. The minimum Gasteiger partial charge on any atom is -0.489 e. The number of nitrogens with one attached hydrogen (secondary N) is 1. The summed E-state index contributed by atoms with van der Waals surface area (Å²) in [4.78, 5) is 13.7. The van der Waals surface area contributed by atoms with Crippen LogP contribution in [-0.2, 0) is 9.53 Å². The molecule has 1 aromatic carbocycles. The second-order valence-corrected chi connectivity index (χ2v) is 5.44. The topological polar surface area (TPSA) is 50.8 Å². The van der Waals surface area contributed by atoms with Crippen LogP contribution in [0.25, 0.3) is 0 Å². The fourth-order valence-corrected chi connectivity index (χ4v) is 2.69. The predicted molar refractivity (Wildman–Crippen MR) is 76.0 cm³/mol. The molecule has 0 radical (unpaired) electrons. The van der Waals surface area contributed by atoms with Crippen LogP contribution in [0.3, 0.4) is 0 Å². The van der Waals surface area contributed by atoms with Crippen molar-refractivity contribution in [3.8, 4) is 5.75 Å². The summed E-state index contributed by atoms with van der Waals surface area (Å²) in [6.45, 7) is 2.08. The average molecular weight is 312 g/mol. The van der Waals surface area contributed by atoms with E-state index in [0.29, 0.717) is 25.4 Å². The van der Waals surface area contributed by atoms with Crippen molar-refractivity contribution in [2.75, 3.05) is 37.7 Å². The third-order valence-electron chi connectivity index (χ3n) is 3.85. The Morgan fingerprint density at radius 3 is 2.91 bits per heavy atom. The second-order valence-electron chi connectivity index (χ2n) is 5.44. The first-order chi connectivity index (χ1) is 10.6. The van der Waals surface area contributed by atoms with Gasteiger partial charge in [0.05, 0.1) is 24.9 Å². The Morgan fingerprint density at radius 1 is 1.32 bits per heavy atom. The van der Waals surface area contributed by atoms with Crippen LogP contribution in [0.4, 0.5) is 14.5 Å². The lowest BCUT2D eigenvalue weighted by atomic mass is 10.2. The van der Waals surface area contributed by atoms with E-state index in [4.69, 9.17) is 9.47 Å². The molecule has 1 saturated heterocycles. The summed E-state index contributed by atoms with van der Waals surface area (Å²) in [6.07, 6.45) is 2.04. The molecule has 22 heavy (non-hydrogen) atoms. The lowest BCUT2D eigenvalue weighted by Gasteiger charge is -2.30. The molecule has 2 aliphatic rings. The molecular weight excluding hydrogens is 294 g/mol. The van der Waals surface area contributed by atoms with Crippen LogP contribution < -0.4 is 15.0 Å². The molecule has 1 N–H and O–H groups in total. The third kappa shape index (κ3) is 3.30. The first kappa shape index (κ1) is 15.0. The zero-order valence-corrected chi connectivity index (χ0v) is 12.1. The molecule has 1 fully saturated rings. The Hall–Kier alpha value is -1.89. The highest BCUT2D eigenvalue weighted by Gasteiger charge is 2.23. The summed E-state index contributed by atoms with van der Waals surface area (Å²) in [7, 11) is 0. The van der Waals surface area contributed by atoms with E-state index < -0.39 is 11.6 Å². The number of anilines is 1. The van der Waals surface area contributed by atoms with Crippen LogP contribution in [0, 0.1) is 11.6 Å². The van der Waals surface area contributed by atoms with Crippen molar-refractivity contribution in [2.24, 2.45) is 0 Å². The molecule has 2 aliphatic heterocycles. The summed E-state index contributed by atoms with van der Waals surface area (Å²) in [5, 5.41) is 2.81. The van der Waals surface area contributed by atoms with Gasteiger partial charge < -0.3 is 19.7 Å². The molecule has 0 aliphatic carbocycles. The molecule has 120 valence electrons. The molecule has 7 heteroatoms. The van der Waals surface area contributed by atoms with E-state index in [-0.39, 0.29) is 24.3 Å². The maximum atomic E-state index is 13.4. The van der Waals surface area contributed by atoms with Gasteiger partial charge in [0.15, 0.2) is 11.6 Å². The number of nitrogens with zero attached hydrogens (tertiary/aromatic N) is 1. The molecule has 1 amide bonds. The number of amides is 1. The van der Waals surface area contributed by atoms with Gasteiger partial charge in [0.25, 0.3) is 0 Å². The maximum Gasteiger partial charge on any atom is 0.239 e. The minimum absolute atomic E-state index is 0.0764. The number of rotatable bonds is 4. The lowest BCUT2D eigenvalue weighted by molar-refractivity contribution is -0.120. The normalized spacial score (nSPS) is 20.5. The molecule has 0 spiro atoms. The first-order valence-corrected chi connectivity index (χ1v) is 7.38. The van der Waals surface area contributed by atoms with Gasteiger partial charge in [-0.15, -0.1) is 0 Å². The molecule has 0 aromatic heterocycles. The van der Waals surface area contributed by atoms with Gasteiger partial charge in [0.2, 0.25) is 5.91 Å². The van der Waals surface area contributed by atoms with Gasteiger partial charge >= 0.3 is 0 Å². The number of carbonyl (C=O) groups is 1. The molecule has 3 rings (SSSR count). The number of ether oxygens (including phenoxy) is 2. The predicted octanol–water partition coefficient (Wildman–Crippen LogP) is 1.46. The van der Waals surface area contributed by atoms with Crippen LogP contribution in [0.1, 0.15) is 12.8 Å². The zero-order valence-electron chi connectivity index (χ0n) is 12.1. The van der Waals surface area contributed by atoms with Gasteiger partial charge in [0, 0.05) is 25.3 Å². The fraction of sp³-hybridized carbons (Fsp3) is 0.533. The number of fused-ring (bicyclic) bond motifs is 1. The second kappa shape index (κ2) is 6.48. The van der Waals surface area contributed by atoms with Crippen LogP contribution in [0.15, 0.2) is 12.1 Å². The number of hydrogen-bond donors (Lipinski definition) is 1.